The lowest BCUT2D eigenvalue weighted by Gasteiger charge is -2.36. The zero-order chi connectivity index (χ0) is 12.3. The van der Waals surface area contributed by atoms with Gasteiger partial charge in [-0.1, -0.05) is 33.1 Å². The minimum Gasteiger partial charge on any atom is -0.375 e. The molecule has 2 rings (SSSR count). The molecule has 0 radical (unpaired) electrons. The van der Waals surface area contributed by atoms with Crippen LogP contribution in [0.25, 0.3) is 0 Å². The van der Waals surface area contributed by atoms with Crippen LogP contribution < -0.4 is 0 Å². The summed E-state index contributed by atoms with van der Waals surface area (Å²) in [4.78, 5) is 14.3. The number of nitrogens with zero attached hydrogens (tertiary/aromatic N) is 1. The highest BCUT2D eigenvalue weighted by molar-refractivity contribution is 5.91. The monoisotopic (exact) mass is 235 g/mol. The Morgan fingerprint density at radius 3 is 2.18 bits per heavy atom. The van der Waals surface area contributed by atoms with Gasteiger partial charge in [0.2, 0.25) is 0 Å². The Bertz CT molecular complexity index is 309. The van der Waals surface area contributed by atoms with E-state index in [0.29, 0.717) is 12.2 Å². The molecule has 0 saturated carbocycles. The van der Waals surface area contributed by atoms with Crippen molar-refractivity contribution in [3.63, 3.8) is 0 Å². The van der Waals surface area contributed by atoms with Gasteiger partial charge in [0.05, 0.1) is 0 Å². The second-order valence-electron chi connectivity index (χ2n) is 6.37. The largest absolute Gasteiger partial charge is 0.375 e. The van der Waals surface area contributed by atoms with Gasteiger partial charge >= 0.3 is 0 Å². The van der Waals surface area contributed by atoms with Gasteiger partial charge in [-0.2, -0.15) is 0 Å². The van der Waals surface area contributed by atoms with E-state index >= 15 is 0 Å². The molecule has 0 unspecified atom stereocenters. The number of rotatable bonds is 1. The maximum atomic E-state index is 11.8. The minimum atomic E-state index is 0.156. The molecule has 0 N–H and O–H groups in total. The van der Waals surface area contributed by atoms with Gasteiger partial charge in [0, 0.05) is 31.3 Å². The quantitative estimate of drug-likeness (QED) is 0.693. The highest BCUT2D eigenvalue weighted by atomic mass is 16.1. The van der Waals surface area contributed by atoms with Crippen molar-refractivity contribution in [1.29, 1.82) is 0 Å². The summed E-state index contributed by atoms with van der Waals surface area (Å²) in [6, 6.07) is 0. The van der Waals surface area contributed by atoms with Crippen molar-refractivity contribution in [2.24, 2.45) is 5.41 Å². The molecule has 0 aromatic rings. The van der Waals surface area contributed by atoms with Crippen molar-refractivity contribution >= 4 is 5.78 Å². The molecule has 0 atom stereocenters. The van der Waals surface area contributed by atoms with E-state index in [1.54, 1.807) is 0 Å². The Kier molecular flexibility index (Phi) is 3.90. The van der Waals surface area contributed by atoms with Gasteiger partial charge in [0.15, 0.2) is 5.78 Å². The Hall–Kier alpha value is -0.790. The van der Waals surface area contributed by atoms with Crippen molar-refractivity contribution in [3.8, 4) is 0 Å². The number of likely N-dealkylation sites (tertiary alicyclic amines) is 1. The summed E-state index contributed by atoms with van der Waals surface area (Å²) >= 11 is 0. The topological polar surface area (TPSA) is 20.3 Å². The third-order valence-electron chi connectivity index (χ3n) is 3.90. The zero-order valence-electron chi connectivity index (χ0n) is 11.3. The van der Waals surface area contributed by atoms with Gasteiger partial charge in [-0.25, -0.2) is 0 Å². The SMILES string of the molecule is CC1(C)CC(=O)C=C(N2CCCCCCC2)C1. The molecule has 0 aromatic heterocycles. The van der Waals surface area contributed by atoms with Crippen LogP contribution in [0, 0.1) is 5.41 Å². The normalized spacial score (nSPS) is 26.1. The summed E-state index contributed by atoms with van der Waals surface area (Å²) in [7, 11) is 0. The van der Waals surface area contributed by atoms with Gasteiger partial charge in [-0.05, 0) is 24.7 Å². The van der Waals surface area contributed by atoms with Crippen LogP contribution in [0.2, 0.25) is 0 Å². The van der Waals surface area contributed by atoms with Crippen LogP contribution in [0.3, 0.4) is 0 Å². The molecule has 2 nitrogen and oxygen atoms in total. The Labute approximate surface area is 105 Å². The van der Waals surface area contributed by atoms with E-state index in [9.17, 15) is 4.79 Å². The van der Waals surface area contributed by atoms with Crippen molar-refractivity contribution in [3.05, 3.63) is 11.8 Å². The van der Waals surface area contributed by atoms with Gasteiger partial charge in [-0.15, -0.1) is 0 Å². The molecule has 1 aliphatic carbocycles. The van der Waals surface area contributed by atoms with Crippen LogP contribution in [0.1, 0.15) is 58.8 Å². The fourth-order valence-corrected chi connectivity index (χ4v) is 3.05. The van der Waals surface area contributed by atoms with Crippen molar-refractivity contribution in [2.75, 3.05) is 13.1 Å². The first-order valence-corrected chi connectivity index (χ1v) is 7.05. The molecule has 0 spiro atoms. The third kappa shape index (κ3) is 3.58. The molecule has 0 amide bonds. The van der Waals surface area contributed by atoms with Crippen molar-refractivity contribution in [1.82, 2.24) is 4.90 Å². The first kappa shape index (κ1) is 12.7. The number of carbonyl (C=O) groups is 1. The Balaban J connectivity index is 2.06. The molecule has 17 heavy (non-hydrogen) atoms. The molecule has 0 aromatic carbocycles. The molecule has 0 bridgehead atoms. The summed E-state index contributed by atoms with van der Waals surface area (Å²) in [5, 5.41) is 0. The Morgan fingerprint density at radius 2 is 1.59 bits per heavy atom. The Morgan fingerprint density at radius 1 is 1.00 bits per heavy atom. The maximum absolute atomic E-state index is 11.8. The highest BCUT2D eigenvalue weighted by Crippen LogP contribution is 2.35. The average molecular weight is 235 g/mol. The molecule has 1 saturated heterocycles. The number of hydrogen-bond acceptors (Lipinski definition) is 2. The van der Waals surface area contributed by atoms with Crippen LogP contribution in [0.4, 0.5) is 0 Å². The van der Waals surface area contributed by atoms with E-state index in [1.807, 2.05) is 6.08 Å². The van der Waals surface area contributed by atoms with Crippen LogP contribution in [-0.2, 0) is 4.79 Å². The minimum absolute atomic E-state index is 0.156. The van der Waals surface area contributed by atoms with Crippen molar-refractivity contribution < 1.29 is 4.79 Å². The predicted molar refractivity (Wildman–Crippen MR) is 70.8 cm³/mol. The van der Waals surface area contributed by atoms with Crippen molar-refractivity contribution in [2.45, 2.75) is 58.8 Å². The summed E-state index contributed by atoms with van der Waals surface area (Å²) in [6.07, 6.45) is 10.3. The number of ketones is 1. The van der Waals surface area contributed by atoms with Crippen LogP contribution >= 0.6 is 0 Å². The van der Waals surface area contributed by atoms with E-state index in [-0.39, 0.29) is 5.41 Å². The lowest BCUT2D eigenvalue weighted by molar-refractivity contribution is -0.117. The van der Waals surface area contributed by atoms with Gasteiger partial charge in [0.25, 0.3) is 0 Å². The fourth-order valence-electron chi connectivity index (χ4n) is 3.05. The van der Waals surface area contributed by atoms with E-state index < -0.39 is 0 Å². The second-order valence-corrected chi connectivity index (χ2v) is 6.37. The lowest BCUT2D eigenvalue weighted by atomic mass is 9.78. The van der Waals surface area contributed by atoms with Gasteiger partial charge in [0.1, 0.15) is 0 Å². The first-order chi connectivity index (χ1) is 8.07. The number of hydrogen-bond donors (Lipinski definition) is 0. The smallest absolute Gasteiger partial charge is 0.157 e. The first-order valence-electron chi connectivity index (χ1n) is 7.05. The molecular weight excluding hydrogens is 210 g/mol. The molecule has 1 fully saturated rings. The number of allylic oxidation sites excluding steroid dienone is 2. The van der Waals surface area contributed by atoms with Crippen LogP contribution in [0.15, 0.2) is 11.8 Å². The van der Waals surface area contributed by atoms with Gasteiger partial charge in [-0.3, -0.25) is 4.79 Å². The second kappa shape index (κ2) is 5.24. The summed E-state index contributed by atoms with van der Waals surface area (Å²) in [5.41, 5.74) is 1.46. The van der Waals surface area contributed by atoms with E-state index in [0.717, 1.165) is 19.5 Å². The summed E-state index contributed by atoms with van der Waals surface area (Å²) < 4.78 is 0. The highest BCUT2D eigenvalue weighted by Gasteiger charge is 2.29. The standard InChI is InChI=1S/C15H25NO/c1-15(2)11-13(10-14(17)12-15)16-8-6-4-3-5-7-9-16/h10H,3-9,11-12H2,1-2H3. The molecule has 96 valence electrons. The molecule has 1 heterocycles. The summed E-state index contributed by atoms with van der Waals surface area (Å²) in [5.74, 6) is 0.318. The molecule has 1 aliphatic heterocycles. The van der Waals surface area contributed by atoms with E-state index in [4.69, 9.17) is 0 Å². The molecular formula is C15H25NO. The average Bonchev–Trinajstić information content (AvgIpc) is 2.12. The van der Waals surface area contributed by atoms with Crippen LogP contribution in [0.5, 0.6) is 0 Å². The zero-order valence-corrected chi connectivity index (χ0v) is 11.3. The number of carbonyl (C=O) groups excluding carboxylic acids is 1. The van der Waals surface area contributed by atoms with Gasteiger partial charge < -0.3 is 4.90 Å². The van der Waals surface area contributed by atoms with Crippen LogP contribution in [-0.4, -0.2) is 23.8 Å². The maximum Gasteiger partial charge on any atom is 0.157 e. The molecule has 2 heteroatoms. The molecule has 2 aliphatic rings. The fraction of sp³-hybridized carbons (Fsp3) is 0.800. The van der Waals surface area contributed by atoms with E-state index in [2.05, 4.69) is 18.7 Å². The third-order valence-corrected chi connectivity index (χ3v) is 3.90. The van der Waals surface area contributed by atoms with E-state index in [1.165, 1.54) is 37.8 Å². The predicted octanol–water partition coefficient (Wildman–Crippen LogP) is 3.53. The summed E-state index contributed by atoms with van der Waals surface area (Å²) in [6.45, 7) is 6.72. The lowest BCUT2D eigenvalue weighted by Crippen LogP contribution is -2.33.